The lowest BCUT2D eigenvalue weighted by molar-refractivity contribution is 0.368. The van der Waals surface area contributed by atoms with Gasteiger partial charge in [-0.3, -0.25) is 0 Å². The molecule has 1 aliphatic carbocycles. The van der Waals surface area contributed by atoms with Gasteiger partial charge in [0.1, 0.15) is 0 Å². The summed E-state index contributed by atoms with van der Waals surface area (Å²) in [7, 11) is 0. The number of nitrogens with zero attached hydrogens (tertiary/aromatic N) is 4. The first-order valence-electron chi connectivity index (χ1n) is 5.75. The van der Waals surface area contributed by atoms with Gasteiger partial charge in [0.15, 0.2) is 5.82 Å². The van der Waals surface area contributed by atoms with E-state index in [1.807, 2.05) is 11.6 Å². The molecule has 5 heteroatoms. The van der Waals surface area contributed by atoms with Gasteiger partial charge >= 0.3 is 0 Å². The highest BCUT2D eigenvalue weighted by atomic mass is 15.6. The van der Waals surface area contributed by atoms with Crippen molar-refractivity contribution in [3.63, 3.8) is 0 Å². The van der Waals surface area contributed by atoms with Gasteiger partial charge in [0, 0.05) is 0 Å². The van der Waals surface area contributed by atoms with E-state index in [0.29, 0.717) is 6.04 Å². The summed E-state index contributed by atoms with van der Waals surface area (Å²) in [5.41, 5.74) is 5.83. The predicted molar refractivity (Wildman–Crippen MR) is 57.1 cm³/mol. The molecule has 2 unspecified atom stereocenters. The van der Waals surface area contributed by atoms with Gasteiger partial charge in [0.2, 0.25) is 0 Å². The van der Waals surface area contributed by atoms with Gasteiger partial charge in [-0.05, 0) is 36.1 Å². The smallest absolute Gasteiger partial charge is 0.167 e. The SMILES string of the molecule is CCC(CC1CC1)n1nnnc1C(C)N. The maximum absolute atomic E-state index is 5.83. The van der Waals surface area contributed by atoms with Gasteiger partial charge in [-0.15, -0.1) is 5.10 Å². The van der Waals surface area contributed by atoms with Crippen molar-refractivity contribution >= 4 is 0 Å². The van der Waals surface area contributed by atoms with Crippen LogP contribution in [-0.4, -0.2) is 20.2 Å². The molecule has 1 heterocycles. The molecule has 84 valence electrons. The van der Waals surface area contributed by atoms with Gasteiger partial charge in [0.25, 0.3) is 0 Å². The molecule has 0 saturated heterocycles. The van der Waals surface area contributed by atoms with E-state index < -0.39 is 0 Å². The average Bonchev–Trinajstić information content (AvgIpc) is 2.89. The third-order valence-corrected chi connectivity index (χ3v) is 3.04. The van der Waals surface area contributed by atoms with E-state index in [0.717, 1.165) is 18.2 Å². The minimum Gasteiger partial charge on any atom is -0.322 e. The molecule has 0 amide bonds. The molecule has 0 aliphatic heterocycles. The van der Waals surface area contributed by atoms with E-state index in [1.165, 1.54) is 19.3 Å². The third-order valence-electron chi connectivity index (χ3n) is 3.04. The van der Waals surface area contributed by atoms with Crippen molar-refractivity contribution in [2.24, 2.45) is 11.7 Å². The summed E-state index contributed by atoms with van der Waals surface area (Å²) in [6.07, 6.45) is 5.00. The van der Waals surface area contributed by atoms with E-state index in [9.17, 15) is 0 Å². The molecule has 1 aliphatic rings. The average molecular weight is 209 g/mol. The van der Waals surface area contributed by atoms with E-state index in [2.05, 4.69) is 22.4 Å². The van der Waals surface area contributed by atoms with Crippen molar-refractivity contribution in [3.05, 3.63) is 5.82 Å². The molecule has 0 spiro atoms. The molecule has 1 saturated carbocycles. The Bertz CT molecular complexity index is 315. The van der Waals surface area contributed by atoms with Crippen LogP contribution in [0.1, 0.15) is 57.4 Å². The van der Waals surface area contributed by atoms with Crippen LogP contribution in [0.3, 0.4) is 0 Å². The van der Waals surface area contributed by atoms with Gasteiger partial charge in [-0.25, -0.2) is 4.68 Å². The van der Waals surface area contributed by atoms with Crippen LogP contribution in [-0.2, 0) is 0 Å². The molecule has 0 bridgehead atoms. The van der Waals surface area contributed by atoms with E-state index in [4.69, 9.17) is 5.73 Å². The molecule has 5 nitrogen and oxygen atoms in total. The highest BCUT2D eigenvalue weighted by molar-refractivity contribution is 4.91. The standard InChI is InChI=1S/C10H19N5/c1-3-9(6-8-4-5-8)15-10(7(2)11)12-13-14-15/h7-9H,3-6,11H2,1-2H3. The van der Waals surface area contributed by atoms with Crippen LogP contribution < -0.4 is 5.73 Å². The van der Waals surface area contributed by atoms with Crippen molar-refractivity contribution in [2.75, 3.05) is 0 Å². The Morgan fingerprint density at radius 3 is 2.80 bits per heavy atom. The second-order valence-electron chi connectivity index (χ2n) is 4.51. The normalized spacial score (nSPS) is 20.2. The lowest BCUT2D eigenvalue weighted by Crippen LogP contribution is -2.19. The first-order valence-corrected chi connectivity index (χ1v) is 5.75. The van der Waals surface area contributed by atoms with Crippen LogP contribution >= 0.6 is 0 Å². The maximum atomic E-state index is 5.83. The summed E-state index contributed by atoms with van der Waals surface area (Å²) in [5.74, 6) is 1.70. The molecule has 1 aromatic rings. The largest absolute Gasteiger partial charge is 0.322 e. The van der Waals surface area contributed by atoms with Crippen LogP contribution in [0.15, 0.2) is 0 Å². The van der Waals surface area contributed by atoms with Gasteiger partial charge in [-0.2, -0.15) is 0 Å². The van der Waals surface area contributed by atoms with Crippen LogP contribution in [0.4, 0.5) is 0 Å². The minimum absolute atomic E-state index is 0.0896. The zero-order valence-electron chi connectivity index (χ0n) is 9.43. The van der Waals surface area contributed by atoms with Crippen molar-refractivity contribution < 1.29 is 0 Å². The van der Waals surface area contributed by atoms with Crippen molar-refractivity contribution in [1.29, 1.82) is 0 Å². The molecule has 1 fully saturated rings. The fourth-order valence-corrected chi connectivity index (χ4v) is 1.94. The summed E-state index contributed by atoms with van der Waals surface area (Å²) in [4.78, 5) is 0. The summed E-state index contributed by atoms with van der Waals surface area (Å²) in [6, 6.07) is 0.335. The Kier molecular flexibility index (Phi) is 3.00. The number of hydrogen-bond acceptors (Lipinski definition) is 4. The van der Waals surface area contributed by atoms with Gasteiger partial charge in [0.05, 0.1) is 12.1 Å². The fraction of sp³-hybridized carbons (Fsp3) is 0.900. The molecule has 2 N–H and O–H groups in total. The molecule has 2 rings (SSSR count). The van der Waals surface area contributed by atoms with Gasteiger partial charge in [-0.1, -0.05) is 19.8 Å². The quantitative estimate of drug-likeness (QED) is 0.796. The van der Waals surface area contributed by atoms with E-state index >= 15 is 0 Å². The van der Waals surface area contributed by atoms with Gasteiger partial charge < -0.3 is 5.73 Å². The van der Waals surface area contributed by atoms with E-state index in [1.54, 1.807) is 0 Å². The Labute approximate surface area is 90.0 Å². The van der Waals surface area contributed by atoms with Crippen LogP contribution in [0.5, 0.6) is 0 Å². The molecule has 2 atom stereocenters. The first-order chi connectivity index (χ1) is 7.22. The Balaban J connectivity index is 2.13. The number of tetrazole rings is 1. The first kappa shape index (κ1) is 10.5. The number of aromatic nitrogens is 4. The zero-order chi connectivity index (χ0) is 10.8. The van der Waals surface area contributed by atoms with Crippen LogP contribution in [0, 0.1) is 5.92 Å². The summed E-state index contributed by atoms with van der Waals surface area (Å²) < 4.78 is 1.92. The third kappa shape index (κ3) is 2.34. The molecular weight excluding hydrogens is 190 g/mol. The molecule has 0 aromatic carbocycles. The Hall–Kier alpha value is -0.970. The fourth-order valence-electron chi connectivity index (χ4n) is 1.94. The van der Waals surface area contributed by atoms with Crippen molar-refractivity contribution in [3.8, 4) is 0 Å². The molecule has 1 aromatic heterocycles. The Morgan fingerprint density at radius 2 is 2.27 bits per heavy atom. The highest BCUT2D eigenvalue weighted by Crippen LogP contribution is 2.37. The summed E-state index contributed by atoms with van der Waals surface area (Å²) >= 11 is 0. The summed E-state index contributed by atoms with van der Waals surface area (Å²) in [5, 5.41) is 11.8. The number of hydrogen-bond donors (Lipinski definition) is 1. The van der Waals surface area contributed by atoms with Crippen LogP contribution in [0.2, 0.25) is 0 Å². The monoisotopic (exact) mass is 209 g/mol. The van der Waals surface area contributed by atoms with Crippen molar-refractivity contribution in [2.45, 2.75) is 51.6 Å². The van der Waals surface area contributed by atoms with Crippen LogP contribution in [0.25, 0.3) is 0 Å². The number of rotatable bonds is 5. The lowest BCUT2D eigenvalue weighted by atomic mass is 10.1. The number of nitrogens with two attached hydrogens (primary N) is 1. The van der Waals surface area contributed by atoms with E-state index in [-0.39, 0.29) is 6.04 Å². The second kappa shape index (κ2) is 4.26. The molecule has 15 heavy (non-hydrogen) atoms. The summed E-state index contributed by atoms with van der Waals surface area (Å²) in [6.45, 7) is 4.10. The molecular formula is C10H19N5. The topological polar surface area (TPSA) is 69.6 Å². The molecule has 0 radical (unpaired) electrons. The minimum atomic E-state index is -0.0896. The Morgan fingerprint density at radius 1 is 1.53 bits per heavy atom. The van der Waals surface area contributed by atoms with Crippen molar-refractivity contribution in [1.82, 2.24) is 20.2 Å². The maximum Gasteiger partial charge on any atom is 0.167 e. The highest BCUT2D eigenvalue weighted by Gasteiger charge is 2.27. The predicted octanol–water partition coefficient (Wildman–Crippen LogP) is 1.44. The zero-order valence-corrected chi connectivity index (χ0v) is 9.43. The lowest BCUT2D eigenvalue weighted by Gasteiger charge is -2.17. The second-order valence-corrected chi connectivity index (χ2v) is 4.51.